The van der Waals surface area contributed by atoms with E-state index in [4.69, 9.17) is 18.9 Å². The van der Waals surface area contributed by atoms with Gasteiger partial charge < -0.3 is 18.9 Å². The number of benzene rings is 1. The molecule has 0 radical (unpaired) electrons. The summed E-state index contributed by atoms with van der Waals surface area (Å²) >= 11 is 1.40. The number of carbonyl (C=O) groups is 2. The summed E-state index contributed by atoms with van der Waals surface area (Å²) in [5, 5.41) is -0.159. The zero-order valence-electron chi connectivity index (χ0n) is 13.8. The van der Waals surface area contributed by atoms with E-state index in [1.807, 2.05) is 19.9 Å². The lowest BCUT2D eigenvalue weighted by molar-refractivity contribution is -0.163. The third-order valence-electron chi connectivity index (χ3n) is 3.78. The molecule has 0 spiro atoms. The van der Waals surface area contributed by atoms with Crippen LogP contribution < -0.4 is 0 Å². The van der Waals surface area contributed by atoms with Crippen LogP contribution in [-0.4, -0.2) is 47.2 Å². The summed E-state index contributed by atoms with van der Waals surface area (Å²) in [5.74, 6) is -1.51. The third-order valence-corrected chi connectivity index (χ3v) is 5.16. The van der Waals surface area contributed by atoms with Gasteiger partial charge in [0.1, 0.15) is 18.8 Å². The summed E-state index contributed by atoms with van der Waals surface area (Å²) in [4.78, 5) is 23.4. The highest BCUT2D eigenvalue weighted by atomic mass is 32.2. The lowest BCUT2D eigenvalue weighted by Gasteiger charge is -2.23. The van der Waals surface area contributed by atoms with Crippen molar-refractivity contribution >= 4 is 23.7 Å². The van der Waals surface area contributed by atoms with Gasteiger partial charge in [0.2, 0.25) is 0 Å². The highest BCUT2D eigenvalue weighted by Crippen LogP contribution is 2.46. The van der Waals surface area contributed by atoms with Gasteiger partial charge >= 0.3 is 11.9 Å². The van der Waals surface area contributed by atoms with Crippen LogP contribution in [0.2, 0.25) is 0 Å². The standard InChI is InChI=1S/C17H20O6S/c1-10(18)21-16-14-13(22-17(2,3)23-14)12(24-16)9-20-15(19)11-7-5-4-6-8-11/h4-8,12-14,16H,9H2,1-3H3/t12-,13-,14-,16?/m1/s1. The lowest BCUT2D eigenvalue weighted by Crippen LogP contribution is -2.33. The van der Waals surface area contributed by atoms with Crippen molar-refractivity contribution in [2.24, 2.45) is 0 Å². The minimum absolute atomic E-state index is 0.159. The van der Waals surface area contributed by atoms with Crippen LogP contribution in [0.15, 0.2) is 30.3 Å². The first-order valence-corrected chi connectivity index (χ1v) is 8.70. The van der Waals surface area contributed by atoms with Gasteiger partial charge in [-0.3, -0.25) is 4.79 Å². The van der Waals surface area contributed by atoms with Gasteiger partial charge in [0.25, 0.3) is 0 Å². The molecular weight excluding hydrogens is 332 g/mol. The zero-order valence-corrected chi connectivity index (χ0v) is 14.6. The molecule has 2 aliphatic heterocycles. The molecule has 1 aromatic rings. The summed E-state index contributed by atoms with van der Waals surface area (Å²) < 4.78 is 22.5. The number of esters is 2. The molecule has 0 amide bonds. The van der Waals surface area contributed by atoms with Gasteiger partial charge in [-0.05, 0) is 26.0 Å². The number of hydrogen-bond donors (Lipinski definition) is 0. The number of thioether (sulfide) groups is 1. The van der Waals surface area contributed by atoms with Crippen LogP contribution in [0.5, 0.6) is 0 Å². The van der Waals surface area contributed by atoms with E-state index in [0.29, 0.717) is 5.56 Å². The topological polar surface area (TPSA) is 71.1 Å². The minimum atomic E-state index is -0.754. The number of hydrogen-bond acceptors (Lipinski definition) is 7. The Balaban J connectivity index is 1.64. The second kappa shape index (κ2) is 6.74. The Morgan fingerprint density at radius 2 is 1.83 bits per heavy atom. The molecule has 24 heavy (non-hydrogen) atoms. The molecule has 0 aliphatic carbocycles. The van der Waals surface area contributed by atoms with Crippen LogP contribution in [0.3, 0.4) is 0 Å². The Hall–Kier alpha value is -1.57. The molecule has 1 aromatic carbocycles. The van der Waals surface area contributed by atoms with E-state index in [2.05, 4.69) is 0 Å². The second-order valence-corrected chi connectivity index (χ2v) is 7.52. The molecule has 3 rings (SSSR count). The molecular formula is C17H20O6S. The van der Waals surface area contributed by atoms with Gasteiger partial charge in [0.15, 0.2) is 11.2 Å². The molecule has 2 fully saturated rings. The normalized spacial score (nSPS) is 30.6. The molecule has 6 nitrogen and oxygen atoms in total. The predicted octanol–water partition coefficient (Wildman–Crippen LogP) is 2.37. The second-order valence-electron chi connectivity index (χ2n) is 6.18. The number of carbonyl (C=O) groups excluding carboxylic acids is 2. The summed E-state index contributed by atoms with van der Waals surface area (Å²) in [7, 11) is 0. The third kappa shape index (κ3) is 3.74. The van der Waals surface area contributed by atoms with Gasteiger partial charge in [0, 0.05) is 6.92 Å². The Morgan fingerprint density at radius 3 is 2.50 bits per heavy atom. The summed E-state index contributed by atoms with van der Waals surface area (Å²) in [6.07, 6.45) is -0.660. The van der Waals surface area contributed by atoms with E-state index >= 15 is 0 Å². The van der Waals surface area contributed by atoms with Crippen LogP contribution in [0, 0.1) is 0 Å². The quantitative estimate of drug-likeness (QED) is 0.770. The maximum absolute atomic E-state index is 12.1. The van der Waals surface area contributed by atoms with Gasteiger partial charge in [0.05, 0.1) is 10.8 Å². The Bertz CT molecular complexity index is 617. The molecule has 0 bridgehead atoms. The summed E-state index contributed by atoms with van der Waals surface area (Å²) in [6, 6.07) is 8.80. The van der Waals surface area contributed by atoms with Gasteiger partial charge in [-0.1, -0.05) is 18.2 Å². The van der Waals surface area contributed by atoms with Crippen LogP contribution >= 0.6 is 11.8 Å². The van der Waals surface area contributed by atoms with E-state index < -0.39 is 11.2 Å². The average Bonchev–Trinajstić information content (AvgIpc) is 3.00. The Morgan fingerprint density at radius 1 is 1.17 bits per heavy atom. The largest absolute Gasteiger partial charge is 0.461 e. The SMILES string of the molecule is CC(=O)OC1S[C@H](COC(=O)c2ccccc2)[C@H]2OC(C)(C)O[C@@H]12. The molecule has 2 saturated heterocycles. The van der Waals surface area contributed by atoms with Crippen molar-refractivity contribution in [1.82, 2.24) is 0 Å². The first kappa shape index (κ1) is 17.3. The van der Waals surface area contributed by atoms with Crippen molar-refractivity contribution in [3.05, 3.63) is 35.9 Å². The predicted molar refractivity (Wildman–Crippen MR) is 87.5 cm³/mol. The lowest BCUT2D eigenvalue weighted by atomic mass is 10.1. The fourth-order valence-electron chi connectivity index (χ4n) is 2.85. The van der Waals surface area contributed by atoms with Crippen molar-refractivity contribution in [3.63, 3.8) is 0 Å². The monoisotopic (exact) mass is 352 g/mol. The first-order valence-electron chi connectivity index (χ1n) is 7.76. The van der Waals surface area contributed by atoms with Gasteiger partial charge in [-0.15, -0.1) is 11.8 Å². The highest BCUT2D eigenvalue weighted by Gasteiger charge is 2.56. The Kier molecular flexibility index (Phi) is 4.85. The van der Waals surface area contributed by atoms with Crippen molar-refractivity contribution in [2.45, 2.75) is 49.5 Å². The van der Waals surface area contributed by atoms with Crippen molar-refractivity contribution < 1.29 is 28.5 Å². The molecule has 0 aromatic heterocycles. The van der Waals surface area contributed by atoms with E-state index in [9.17, 15) is 9.59 Å². The number of ether oxygens (including phenoxy) is 4. The van der Waals surface area contributed by atoms with E-state index in [-0.39, 0.29) is 36.0 Å². The Labute approximate surface area is 144 Å². The highest BCUT2D eigenvalue weighted by molar-refractivity contribution is 8.00. The van der Waals surface area contributed by atoms with Crippen LogP contribution in [0.1, 0.15) is 31.1 Å². The number of fused-ring (bicyclic) bond motifs is 1. The van der Waals surface area contributed by atoms with Crippen LogP contribution in [0.25, 0.3) is 0 Å². The fraction of sp³-hybridized carbons (Fsp3) is 0.529. The van der Waals surface area contributed by atoms with Crippen molar-refractivity contribution in [1.29, 1.82) is 0 Å². The molecule has 130 valence electrons. The summed E-state index contributed by atoms with van der Waals surface area (Å²) in [5.41, 5.74) is 0.0344. The van der Waals surface area contributed by atoms with Crippen molar-refractivity contribution in [3.8, 4) is 0 Å². The maximum atomic E-state index is 12.1. The smallest absolute Gasteiger partial charge is 0.338 e. The number of rotatable bonds is 4. The maximum Gasteiger partial charge on any atom is 0.338 e. The molecule has 0 N–H and O–H groups in total. The zero-order chi connectivity index (χ0) is 17.3. The van der Waals surface area contributed by atoms with E-state index in [0.717, 1.165) is 0 Å². The average molecular weight is 352 g/mol. The molecule has 4 atom stereocenters. The van der Waals surface area contributed by atoms with Crippen LogP contribution in [-0.2, 0) is 23.7 Å². The minimum Gasteiger partial charge on any atom is -0.461 e. The van der Waals surface area contributed by atoms with Crippen LogP contribution in [0.4, 0.5) is 0 Å². The molecule has 2 heterocycles. The van der Waals surface area contributed by atoms with Gasteiger partial charge in [-0.25, -0.2) is 4.79 Å². The van der Waals surface area contributed by atoms with Crippen molar-refractivity contribution in [2.75, 3.05) is 6.61 Å². The fourth-order valence-corrected chi connectivity index (χ4v) is 4.26. The molecule has 2 aliphatic rings. The molecule has 0 saturated carbocycles. The van der Waals surface area contributed by atoms with Gasteiger partial charge in [-0.2, -0.15) is 0 Å². The molecule has 1 unspecified atom stereocenters. The summed E-state index contributed by atoms with van der Waals surface area (Å²) in [6.45, 7) is 5.15. The first-order chi connectivity index (χ1) is 11.4. The van der Waals surface area contributed by atoms with E-state index in [1.165, 1.54) is 18.7 Å². The molecule has 7 heteroatoms. The van der Waals surface area contributed by atoms with E-state index in [1.54, 1.807) is 24.3 Å².